The van der Waals surface area contributed by atoms with Gasteiger partial charge in [-0.05, 0) is 38.1 Å². The molecule has 0 unspecified atom stereocenters. The summed E-state index contributed by atoms with van der Waals surface area (Å²) >= 11 is 0. The maximum absolute atomic E-state index is 10.8. The first-order valence-electron chi connectivity index (χ1n) is 4.81. The summed E-state index contributed by atoms with van der Waals surface area (Å²) in [5, 5.41) is 3.17. The Morgan fingerprint density at radius 3 is 2.27 bits per heavy atom. The predicted octanol–water partition coefficient (Wildman–Crippen LogP) is 0.935. The van der Waals surface area contributed by atoms with Crippen LogP contribution < -0.4 is 16.8 Å². The van der Waals surface area contributed by atoms with Crippen LogP contribution in [0.2, 0.25) is 0 Å². The molecule has 0 bridgehead atoms. The molecule has 5 N–H and O–H groups in total. The van der Waals surface area contributed by atoms with E-state index in [1.807, 2.05) is 26.0 Å². The van der Waals surface area contributed by atoms with E-state index in [0.29, 0.717) is 12.1 Å². The van der Waals surface area contributed by atoms with E-state index in [9.17, 15) is 4.79 Å². The van der Waals surface area contributed by atoms with Crippen molar-refractivity contribution in [3.8, 4) is 0 Å². The van der Waals surface area contributed by atoms with Gasteiger partial charge < -0.3 is 16.8 Å². The summed E-state index contributed by atoms with van der Waals surface area (Å²) in [6, 6.07) is 7.00. The molecule has 1 aromatic rings. The van der Waals surface area contributed by atoms with E-state index in [2.05, 4.69) is 5.32 Å². The fraction of sp³-hybridized carbons (Fsp3) is 0.364. The van der Waals surface area contributed by atoms with Crippen LogP contribution in [-0.2, 0) is 0 Å². The summed E-state index contributed by atoms with van der Waals surface area (Å²) in [6.45, 7) is 4.55. The molecule has 0 fully saturated rings. The summed E-state index contributed by atoms with van der Waals surface area (Å²) < 4.78 is 0. The molecule has 0 aliphatic rings. The second kappa shape index (κ2) is 4.31. The van der Waals surface area contributed by atoms with Gasteiger partial charge in [-0.15, -0.1) is 0 Å². The van der Waals surface area contributed by atoms with Crippen LogP contribution in [0, 0.1) is 0 Å². The van der Waals surface area contributed by atoms with Crippen molar-refractivity contribution in [2.45, 2.75) is 19.4 Å². The number of hydrogen-bond acceptors (Lipinski definition) is 3. The van der Waals surface area contributed by atoms with Crippen molar-refractivity contribution in [1.82, 2.24) is 0 Å². The molecule has 15 heavy (non-hydrogen) atoms. The SMILES string of the molecule is CC(C)(N)CNc1ccc(C(N)=O)cc1. The smallest absolute Gasteiger partial charge is 0.248 e. The van der Waals surface area contributed by atoms with Gasteiger partial charge in [0, 0.05) is 23.3 Å². The molecule has 82 valence electrons. The topological polar surface area (TPSA) is 81.1 Å². The van der Waals surface area contributed by atoms with Gasteiger partial charge in [0.25, 0.3) is 0 Å². The minimum absolute atomic E-state index is 0.262. The highest BCUT2D eigenvalue weighted by Gasteiger charge is 2.09. The highest BCUT2D eigenvalue weighted by molar-refractivity contribution is 5.93. The number of hydrogen-bond donors (Lipinski definition) is 3. The number of amides is 1. The molecule has 0 aliphatic heterocycles. The van der Waals surface area contributed by atoms with Crippen LogP contribution >= 0.6 is 0 Å². The number of primary amides is 1. The molecule has 1 rings (SSSR count). The van der Waals surface area contributed by atoms with Crippen molar-refractivity contribution >= 4 is 11.6 Å². The molecule has 4 heteroatoms. The van der Waals surface area contributed by atoms with Crippen molar-refractivity contribution in [3.63, 3.8) is 0 Å². The summed E-state index contributed by atoms with van der Waals surface area (Å²) in [5.41, 5.74) is 12.1. The number of benzene rings is 1. The van der Waals surface area contributed by atoms with Gasteiger partial charge in [-0.1, -0.05) is 0 Å². The normalized spacial score (nSPS) is 11.1. The third kappa shape index (κ3) is 3.99. The largest absolute Gasteiger partial charge is 0.383 e. The molecule has 0 spiro atoms. The lowest BCUT2D eigenvalue weighted by Gasteiger charge is -2.19. The highest BCUT2D eigenvalue weighted by atomic mass is 16.1. The van der Waals surface area contributed by atoms with Gasteiger partial charge in [0.05, 0.1) is 0 Å². The summed E-state index contributed by atoms with van der Waals surface area (Å²) in [7, 11) is 0. The Labute approximate surface area is 89.6 Å². The second-order valence-corrected chi connectivity index (χ2v) is 4.28. The number of carbonyl (C=O) groups excluding carboxylic acids is 1. The standard InChI is InChI=1S/C11H17N3O/c1-11(2,13)7-14-9-5-3-8(4-6-9)10(12)15/h3-6,14H,7,13H2,1-2H3,(H2,12,15). The molecule has 0 saturated carbocycles. The van der Waals surface area contributed by atoms with Crippen molar-refractivity contribution in [2.24, 2.45) is 11.5 Å². The Hall–Kier alpha value is -1.55. The minimum atomic E-state index is -0.416. The Kier molecular flexibility index (Phi) is 3.31. The molecule has 4 nitrogen and oxygen atoms in total. The van der Waals surface area contributed by atoms with Gasteiger partial charge in [0.15, 0.2) is 0 Å². The molecule has 1 aromatic carbocycles. The zero-order valence-electron chi connectivity index (χ0n) is 9.08. The Balaban J connectivity index is 2.61. The van der Waals surface area contributed by atoms with E-state index < -0.39 is 5.91 Å². The highest BCUT2D eigenvalue weighted by Crippen LogP contribution is 2.10. The molecule has 0 atom stereocenters. The maximum atomic E-state index is 10.8. The average Bonchev–Trinajstić information content (AvgIpc) is 2.14. The zero-order chi connectivity index (χ0) is 11.5. The quantitative estimate of drug-likeness (QED) is 0.687. The average molecular weight is 207 g/mol. The van der Waals surface area contributed by atoms with E-state index in [4.69, 9.17) is 11.5 Å². The summed E-state index contributed by atoms with van der Waals surface area (Å²) in [4.78, 5) is 10.8. The van der Waals surface area contributed by atoms with Gasteiger partial charge in [0.2, 0.25) is 5.91 Å². The van der Waals surface area contributed by atoms with Crippen molar-refractivity contribution in [2.75, 3.05) is 11.9 Å². The van der Waals surface area contributed by atoms with Gasteiger partial charge in [-0.3, -0.25) is 4.79 Å². The van der Waals surface area contributed by atoms with Crippen LogP contribution in [0.5, 0.6) is 0 Å². The molecule has 0 saturated heterocycles. The van der Waals surface area contributed by atoms with Crippen LogP contribution in [0.4, 0.5) is 5.69 Å². The number of carbonyl (C=O) groups is 1. The van der Waals surface area contributed by atoms with E-state index >= 15 is 0 Å². The molecular weight excluding hydrogens is 190 g/mol. The van der Waals surface area contributed by atoms with Crippen molar-refractivity contribution in [1.29, 1.82) is 0 Å². The van der Waals surface area contributed by atoms with Gasteiger partial charge in [-0.25, -0.2) is 0 Å². The molecule has 0 aliphatic carbocycles. The lowest BCUT2D eigenvalue weighted by atomic mass is 10.1. The third-order valence-corrected chi connectivity index (χ3v) is 1.92. The van der Waals surface area contributed by atoms with E-state index in [-0.39, 0.29) is 5.54 Å². The first-order valence-corrected chi connectivity index (χ1v) is 4.81. The Morgan fingerprint density at radius 2 is 1.87 bits per heavy atom. The number of nitrogens with one attached hydrogen (secondary N) is 1. The van der Waals surface area contributed by atoms with E-state index in [1.54, 1.807) is 12.1 Å². The molecule has 1 amide bonds. The number of rotatable bonds is 4. The summed E-state index contributed by atoms with van der Waals surface area (Å²) in [6.07, 6.45) is 0. The third-order valence-electron chi connectivity index (χ3n) is 1.92. The number of nitrogens with two attached hydrogens (primary N) is 2. The van der Waals surface area contributed by atoms with Crippen LogP contribution in [0.25, 0.3) is 0 Å². The fourth-order valence-electron chi connectivity index (χ4n) is 1.08. The monoisotopic (exact) mass is 207 g/mol. The lowest BCUT2D eigenvalue weighted by molar-refractivity contribution is 0.100. The zero-order valence-corrected chi connectivity index (χ0v) is 9.08. The van der Waals surface area contributed by atoms with Gasteiger partial charge in [0.1, 0.15) is 0 Å². The molecule has 0 heterocycles. The van der Waals surface area contributed by atoms with Gasteiger partial charge >= 0.3 is 0 Å². The first-order chi connectivity index (χ1) is 6.88. The van der Waals surface area contributed by atoms with E-state index in [1.165, 1.54) is 0 Å². The van der Waals surface area contributed by atoms with Crippen molar-refractivity contribution < 1.29 is 4.79 Å². The molecule has 0 aromatic heterocycles. The van der Waals surface area contributed by atoms with Crippen LogP contribution in [0.3, 0.4) is 0 Å². The van der Waals surface area contributed by atoms with Gasteiger partial charge in [-0.2, -0.15) is 0 Å². The van der Waals surface area contributed by atoms with Crippen molar-refractivity contribution in [3.05, 3.63) is 29.8 Å². The number of anilines is 1. The minimum Gasteiger partial charge on any atom is -0.383 e. The second-order valence-electron chi connectivity index (χ2n) is 4.28. The van der Waals surface area contributed by atoms with Crippen LogP contribution in [0.15, 0.2) is 24.3 Å². The predicted molar refractivity (Wildman–Crippen MR) is 61.7 cm³/mol. The summed E-state index contributed by atoms with van der Waals surface area (Å²) in [5.74, 6) is -0.416. The first kappa shape index (κ1) is 11.5. The Morgan fingerprint density at radius 1 is 1.33 bits per heavy atom. The van der Waals surface area contributed by atoms with Crippen LogP contribution in [0.1, 0.15) is 24.2 Å². The molecule has 0 radical (unpaired) electrons. The maximum Gasteiger partial charge on any atom is 0.248 e. The van der Waals surface area contributed by atoms with E-state index in [0.717, 1.165) is 5.69 Å². The lowest BCUT2D eigenvalue weighted by Crippen LogP contribution is -2.39. The molecular formula is C11H17N3O. The van der Waals surface area contributed by atoms with Crippen LogP contribution in [-0.4, -0.2) is 18.0 Å². The fourth-order valence-corrected chi connectivity index (χ4v) is 1.08. The Bertz CT molecular complexity index is 338.